The molecule has 4 nitrogen and oxygen atoms in total. The number of halogens is 3. The second-order valence-corrected chi connectivity index (χ2v) is 27.6. The smallest absolute Gasteiger partial charge is 0.388 e. The lowest BCUT2D eigenvalue weighted by Crippen LogP contribution is -2.43. The molecule has 0 aromatic heterocycles. The summed E-state index contributed by atoms with van der Waals surface area (Å²) in [6.45, 7) is 37.8. The van der Waals surface area contributed by atoms with E-state index in [1.165, 1.54) is 0 Å². The summed E-state index contributed by atoms with van der Waals surface area (Å²) in [6, 6.07) is 1.95. The number of ether oxygens (including phenoxy) is 2. The maximum atomic E-state index is 12.7. The highest BCUT2D eigenvalue weighted by atomic mass is 28.4. The van der Waals surface area contributed by atoms with Gasteiger partial charge in [-0.15, -0.1) is 0 Å². The number of hydrogen-bond donors (Lipinski definition) is 0. The van der Waals surface area contributed by atoms with Crippen molar-refractivity contribution in [2.45, 2.75) is 209 Å². The Kier molecular flexibility index (Phi) is 23.3. The zero-order chi connectivity index (χ0) is 38.8. The van der Waals surface area contributed by atoms with Crippen molar-refractivity contribution in [1.82, 2.24) is 0 Å². The maximum absolute atomic E-state index is 12.7. The Morgan fingerprint density at radius 2 is 0.939 bits per heavy atom. The summed E-state index contributed by atoms with van der Waals surface area (Å²) in [5.41, 5.74) is 0.225. The van der Waals surface area contributed by atoms with Crippen LogP contribution in [0.4, 0.5) is 13.2 Å². The van der Waals surface area contributed by atoms with E-state index in [4.69, 9.17) is 18.3 Å². The molecule has 0 aliphatic heterocycles. The molecule has 9 heteroatoms. The van der Waals surface area contributed by atoms with Crippen LogP contribution < -0.4 is 0 Å². The molecule has 0 aliphatic rings. The fourth-order valence-corrected chi connectivity index (χ4v) is 11.9. The Bertz CT molecular complexity index is 907. The Balaban J connectivity index is 0. The van der Waals surface area contributed by atoms with Crippen LogP contribution in [-0.2, 0) is 18.3 Å². The molecule has 0 aromatic carbocycles. The molecule has 0 bridgehead atoms. The minimum absolute atomic E-state index is 0.0299. The molecule has 0 fully saturated rings. The quantitative estimate of drug-likeness (QED) is 0.0708. The summed E-state index contributed by atoms with van der Waals surface area (Å²) in [5, 5.41) is 0. The summed E-state index contributed by atoms with van der Waals surface area (Å²) < 4.78 is 62.2. The zero-order valence-electron chi connectivity index (χ0n) is 35.2. The second-order valence-electron chi connectivity index (χ2n) is 19.2. The van der Waals surface area contributed by atoms with E-state index in [-0.39, 0.29) is 17.7 Å². The molecule has 0 heterocycles. The first kappa shape index (κ1) is 50.7. The van der Waals surface area contributed by atoms with Gasteiger partial charge in [0.2, 0.25) is 0 Å². The predicted molar refractivity (Wildman–Crippen MR) is 212 cm³/mol. The van der Waals surface area contributed by atoms with Crippen molar-refractivity contribution in [2.75, 3.05) is 13.2 Å². The van der Waals surface area contributed by atoms with E-state index in [0.717, 1.165) is 51.2 Å². The van der Waals surface area contributed by atoms with Gasteiger partial charge in [0, 0.05) is 17.6 Å². The number of allylic oxidation sites excluding steroid dienone is 2. The predicted octanol–water partition coefficient (Wildman–Crippen LogP) is 13.7. The Morgan fingerprint density at radius 3 is 1.29 bits per heavy atom. The van der Waals surface area contributed by atoms with Gasteiger partial charge in [-0.05, 0) is 143 Å². The van der Waals surface area contributed by atoms with Crippen LogP contribution in [0.25, 0.3) is 0 Å². The molecule has 49 heavy (non-hydrogen) atoms. The minimum atomic E-state index is -4.13. The molecule has 3 atom stereocenters. The van der Waals surface area contributed by atoms with Gasteiger partial charge in [0.05, 0.1) is 25.4 Å². The van der Waals surface area contributed by atoms with Crippen LogP contribution in [0.1, 0.15) is 142 Å². The van der Waals surface area contributed by atoms with Gasteiger partial charge in [0.1, 0.15) is 0 Å². The fraction of sp³-hybridized carbons (Fsp3) is 0.900. The van der Waals surface area contributed by atoms with Crippen LogP contribution in [0.3, 0.4) is 0 Å². The van der Waals surface area contributed by atoms with E-state index in [1.54, 1.807) is 0 Å². The fourth-order valence-electron chi connectivity index (χ4n) is 5.26. The van der Waals surface area contributed by atoms with Crippen molar-refractivity contribution < 1.29 is 31.5 Å². The van der Waals surface area contributed by atoms with Gasteiger partial charge in [-0.3, -0.25) is 0 Å². The molecule has 294 valence electrons. The molecule has 0 radical (unpaired) electrons. The van der Waals surface area contributed by atoms with Gasteiger partial charge in [-0.2, -0.15) is 13.2 Å². The van der Waals surface area contributed by atoms with Crippen LogP contribution in [0, 0.1) is 10.8 Å². The number of hydrogen-bond acceptors (Lipinski definition) is 4. The third-order valence-corrected chi connectivity index (χ3v) is 13.9. The van der Waals surface area contributed by atoms with Crippen molar-refractivity contribution in [3.63, 3.8) is 0 Å². The highest BCUT2D eigenvalue weighted by molar-refractivity contribution is 6.72. The molecule has 0 saturated heterocycles. The average molecular weight is 739 g/mol. The molecule has 0 N–H and O–H groups in total. The summed E-state index contributed by atoms with van der Waals surface area (Å²) in [6.07, 6.45) is 10.2. The molecular formula is C40H81F3O4Si2. The van der Waals surface area contributed by atoms with E-state index in [1.807, 2.05) is 34.2 Å². The van der Waals surface area contributed by atoms with Gasteiger partial charge >= 0.3 is 6.18 Å². The molecule has 3 unspecified atom stereocenters. The van der Waals surface area contributed by atoms with E-state index in [2.05, 4.69) is 107 Å². The summed E-state index contributed by atoms with van der Waals surface area (Å²) in [7, 11) is -4.03. The molecule has 0 saturated carbocycles. The largest absolute Gasteiger partial charge is 0.413 e. The molecule has 0 aliphatic carbocycles. The summed E-state index contributed by atoms with van der Waals surface area (Å²) >= 11 is 0. The first-order valence-corrected chi connectivity index (χ1v) is 24.8. The third-order valence-electron chi connectivity index (χ3n) is 7.47. The van der Waals surface area contributed by atoms with Crippen molar-refractivity contribution in [3.05, 3.63) is 24.3 Å². The molecule has 0 rings (SSSR count). The van der Waals surface area contributed by atoms with Crippen molar-refractivity contribution in [1.29, 1.82) is 0 Å². The summed E-state index contributed by atoms with van der Waals surface area (Å²) in [4.78, 5) is 0. The Hall–Kier alpha value is -0.456. The minimum Gasteiger partial charge on any atom is -0.413 e. The molecular weight excluding hydrogens is 658 g/mol. The molecule has 0 spiro atoms. The lowest BCUT2D eigenvalue weighted by molar-refractivity contribution is -0.131. The van der Waals surface area contributed by atoms with Crippen LogP contribution in [0.5, 0.6) is 0 Å². The first-order valence-electron chi connectivity index (χ1n) is 18.8. The summed E-state index contributed by atoms with van der Waals surface area (Å²) in [5.74, 6) is 0. The monoisotopic (exact) mass is 739 g/mol. The van der Waals surface area contributed by atoms with Gasteiger partial charge in [-0.25, -0.2) is 0 Å². The van der Waals surface area contributed by atoms with Crippen molar-refractivity contribution >= 4 is 16.6 Å². The SMILES string of the molecule is CC(CC[Si](C)(C)OC(C)(C)C)OCC/C=C/CC(C)(C)C.CC(CC[Si](C)(CCC(F)(F)F)OC(C)(C)C)OCC/C=C/CC(C)(C)C. The van der Waals surface area contributed by atoms with Crippen molar-refractivity contribution in [3.8, 4) is 0 Å². The number of alkyl halides is 3. The van der Waals surface area contributed by atoms with E-state index >= 15 is 0 Å². The molecule has 0 amide bonds. The van der Waals surface area contributed by atoms with E-state index in [9.17, 15) is 13.2 Å². The lowest BCUT2D eigenvalue weighted by atomic mass is 9.92. The molecule has 0 aromatic rings. The van der Waals surface area contributed by atoms with E-state index in [0.29, 0.717) is 29.6 Å². The van der Waals surface area contributed by atoms with Gasteiger partial charge in [0.25, 0.3) is 0 Å². The van der Waals surface area contributed by atoms with Crippen LogP contribution in [-0.4, -0.2) is 59.4 Å². The van der Waals surface area contributed by atoms with Gasteiger partial charge in [-0.1, -0.05) is 65.8 Å². The van der Waals surface area contributed by atoms with Gasteiger partial charge < -0.3 is 18.3 Å². The van der Waals surface area contributed by atoms with Crippen LogP contribution in [0.15, 0.2) is 24.3 Å². The first-order chi connectivity index (χ1) is 21.8. The third kappa shape index (κ3) is 38.6. The number of rotatable bonds is 20. The topological polar surface area (TPSA) is 36.9 Å². The van der Waals surface area contributed by atoms with E-state index < -0.39 is 34.8 Å². The normalized spacial score (nSPS) is 16.5. The lowest BCUT2D eigenvalue weighted by Gasteiger charge is -2.36. The highest BCUT2D eigenvalue weighted by Gasteiger charge is 2.38. The average Bonchev–Trinajstić information content (AvgIpc) is 2.86. The highest BCUT2D eigenvalue weighted by Crippen LogP contribution is 2.33. The second kappa shape index (κ2) is 22.6. The van der Waals surface area contributed by atoms with Crippen molar-refractivity contribution in [2.24, 2.45) is 10.8 Å². The Morgan fingerprint density at radius 1 is 0.551 bits per heavy atom. The van der Waals surface area contributed by atoms with Crippen LogP contribution >= 0.6 is 0 Å². The maximum Gasteiger partial charge on any atom is 0.388 e. The van der Waals surface area contributed by atoms with Gasteiger partial charge in [0.15, 0.2) is 16.6 Å². The van der Waals surface area contributed by atoms with Crippen LogP contribution in [0.2, 0.25) is 37.8 Å². The zero-order valence-corrected chi connectivity index (χ0v) is 37.2. The Labute approximate surface area is 305 Å². The standard InChI is InChI=1S/C21H41F3O2Si.C19H40O2Si/c1-18(25-15-11-9-10-13-19(2,3)4)12-16-27(8,26-20(5,6)7)17-14-21(22,23)24;1-17(13-16-22(8,9)21-19(5,6)7)20-15-12-10-11-14-18(2,3)4/h9-10,18H,11-17H2,1-8H3;10-11,17H,12-16H2,1-9H3/b10-9+;11-10+.